The van der Waals surface area contributed by atoms with Crippen molar-refractivity contribution in [1.29, 1.82) is 0 Å². The van der Waals surface area contributed by atoms with Crippen LogP contribution in [0.1, 0.15) is 96.8 Å². The van der Waals surface area contributed by atoms with Crippen LogP contribution in [0.5, 0.6) is 0 Å². The Kier molecular flexibility index (Phi) is 24.4. The number of primary amides is 2. The number of unbranched alkanes of at least 4 members (excludes halogenated alkanes) is 11. The summed E-state index contributed by atoms with van der Waals surface area (Å²) in [5.41, 5.74) is 9.33. The molecule has 0 aliphatic carbocycles. The van der Waals surface area contributed by atoms with E-state index >= 15 is 0 Å². The summed E-state index contributed by atoms with van der Waals surface area (Å²) in [6.07, 6.45) is 21.2. The molecular weight excluding hydrogens is 372 g/mol. The van der Waals surface area contributed by atoms with Crippen molar-refractivity contribution in [2.45, 2.75) is 96.8 Å². The van der Waals surface area contributed by atoms with E-state index in [2.05, 4.69) is 35.3 Å². The van der Waals surface area contributed by atoms with Gasteiger partial charge < -0.3 is 21.3 Å². The molecule has 5 N–H and O–H groups in total. The molecule has 0 bridgehead atoms. The molecule has 0 aromatic heterocycles. The predicted octanol–water partition coefficient (Wildman–Crippen LogP) is 4.08. The van der Waals surface area contributed by atoms with Gasteiger partial charge >= 0.3 is 5.97 Å². The molecule has 0 heterocycles. The average molecular weight is 415 g/mol. The molecule has 0 saturated carbocycles. The fourth-order valence-electron chi connectivity index (χ4n) is 2.60. The van der Waals surface area contributed by atoms with Crippen molar-refractivity contribution >= 4 is 17.8 Å². The molecule has 0 aliphatic rings. The van der Waals surface area contributed by atoms with Crippen LogP contribution in [0.4, 0.5) is 0 Å². The standard InChI is InChI=1S/C18H34O2.C4H8N2O3/c1-2-3-4-5-6-7-8-9-10-11-12-13-14-15-16-17-18(19)20;5-3(7)1-9-2-4(6)8/h9-10H,2-8,11-17H2,1H3,(H,19,20);1-2H2,(H2,5,7)(H2,6,8)/b10-9-;. The molecule has 0 fully saturated rings. The minimum Gasteiger partial charge on any atom is -0.481 e. The van der Waals surface area contributed by atoms with Gasteiger partial charge in [0.25, 0.3) is 0 Å². The summed E-state index contributed by atoms with van der Waals surface area (Å²) in [5.74, 6) is -1.89. The largest absolute Gasteiger partial charge is 0.481 e. The Labute approximate surface area is 176 Å². The Hall–Kier alpha value is -1.89. The second-order valence-electron chi connectivity index (χ2n) is 7.15. The van der Waals surface area contributed by atoms with E-state index in [0.717, 1.165) is 12.8 Å². The van der Waals surface area contributed by atoms with Gasteiger partial charge in [-0.25, -0.2) is 0 Å². The van der Waals surface area contributed by atoms with Crippen LogP contribution in [0.3, 0.4) is 0 Å². The highest BCUT2D eigenvalue weighted by molar-refractivity contribution is 5.77. The molecule has 0 spiro atoms. The fraction of sp³-hybridized carbons (Fsp3) is 0.773. The van der Waals surface area contributed by atoms with Gasteiger partial charge in [-0.1, -0.05) is 70.4 Å². The topological polar surface area (TPSA) is 133 Å². The molecule has 7 nitrogen and oxygen atoms in total. The highest BCUT2D eigenvalue weighted by Crippen LogP contribution is 2.09. The van der Waals surface area contributed by atoms with Gasteiger partial charge in [-0.05, 0) is 32.1 Å². The number of carbonyl (C=O) groups is 3. The van der Waals surface area contributed by atoms with Gasteiger partial charge in [0.05, 0.1) is 0 Å². The van der Waals surface area contributed by atoms with Gasteiger partial charge in [-0.15, -0.1) is 0 Å². The lowest BCUT2D eigenvalue weighted by Crippen LogP contribution is -2.24. The summed E-state index contributed by atoms with van der Waals surface area (Å²) in [5, 5.41) is 8.51. The molecule has 170 valence electrons. The van der Waals surface area contributed by atoms with Gasteiger partial charge in [-0.3, -0.25) is 14.4 Å². The van der Waals surface area contributed by atoms with Gasteiger partial charge in [0.1, 0.15) is 13.2 Å². The van der Waals surface area contributed by atoms with Crippen LogP contribution < -0.4 is 11.5 Å². The van der Waals surface area contributed by atoms with Crippen LogP contribution in [0.2, 0.25) is 0 Å². The van der Waals surface area contributed by atoms with Crippen LogP contribution in [0.15, 0.2) is 12.2 Å². The highest BCUT2D eigenvalue weighted by atomic mass is 16.5. The first kappa shape index (κ1) is 29.3. The Morgan fingerprint density at radius 1 is 0.724 bits per heavy atom. The molecule has 0 aromatic carbocycles. The lowest BCUT2D eigenvalue weighted by molar-refractivity contribution is -0.137. The molecule has 7 heteroatoms. The van der Waals surface area contributed by atoms with Crippen molar-refractivity contribution in [2.24, 2.45) is 11.5 Å². The molecule has 0 saturated heterocycles. The second-order valence-corrected chi connectivity index (χ2v) is 7.15. The number of carbonyl (C=O) groups excluding carboxylic acids is 2. The van der Waals surface area contributed by atoms with E-state index in [4.69, 9.17) is 5.11 Å². The van der Waals surface area contributed by atoms with Crippen molar-refractivity contribution in [2.75, 3.05) is 13.2 Å². The van der Waals surface area contributed by atoms with Gasteiger partial charge in [0.2, 0.25) is 11.8 Å². The molecule has 0 atom stereocenters. The summed E-state index contributed by atoms with van der Waals surface area (Å²) in [4.78, 5) is 30.2. The number of aliphatic carboxylic acids is 1. The number of amides is 2. The van der Waals surface area contributed by atoms with Crippen LogP contribution in [0, 0.1) is 0 Å². The first-order valence-electron chi connectivity index (χ1n) is 10.9. The number of allylic oxidation sites excluding steroid dienone is 2. The van der Waals surface area contributed by atoms with Gasteiger partial charge in [0.15, 0.2) is 0 Å². The first-order valence-corrected chi connectivity index (χ1v) is 10.9. The molecule has 29 heavy (non-hydrogen) atoms. The Bertz CT molecular complexity index is 425. The van der Waals surface area contributed by atoms with E-state index in [1.165, 1.54) is 70.6 Å². The molecule has 0 rings (SSSR count). The maximum absolute atomic E-state index is 10.3. The summed E-state index contributed by atoms with van der Waals surface area (Å²) in [6, 6.07) is 0. The monoisotopic (exact) mass is 414 g/mol. The lowest BCUT2D eigenvalue weighted by Gasteiger charge is -1.99. The van der Waals surface area contributed by atoms with Crippen LogP contribution in [-0.2, 0) is 19.1 Å². The van der Waals surface area contributed by atoms with E-state index in [0.29, 0.717) is 6.42 Å². The quantitative estimate of drug-likeness (QED) is 0.216. The minimum atomic E-state index is -0.664. The lowest BCUT2D eigenvalue weighted by atomic mass is 10.1. The number of rotatable bonds is 19. The average Bonchev–Trinajstić information content (AvgIpc) is 2.64. The number of hydrogen-bond acceptors (Lipinski definition) is 4. The maximum Gasteiger partial charge on any atom is 0.303 e. The fourth-order valence-corrected chi connectivity index (χ4v) is 2.60. The van der Waals surface area contributed by atoms with E-state index in [1.54, 1.807) is 0 Å². The van der Waals surface area contributed by atoms with Crippen LogP contribution in [0.25, 0.3) is 0 Å². The smallest absolute Gasteiger partial charge is 0.303 e. The predicted molar refractivity (Wildman–Crippen MR) is 116 cm³/mol. The van der Waals surface area contributed by atoms with Crippen molar-refractivity contribution in [3.63, 3.8) is 0 Å². The summed E-state index contributed by atoms with van der Waals surface area (Å²) in [6.45, 7) is 1.74. The Morgan fingerprint density at radius 2 is 1.14 bits per heavy atom. The SMILES string of the molecule is CCCCCCCC/C=C\CCCCCCCC(=O)O.NC(=O)COCC(N)=O. The molecule has 2 amide bonds. The number of ether oxygens (including phenoxy) is 1. The van der Waals surface area contributed by atoms with E-state index in [9.17, 15) is 14.4 Å². The first-order chi connectivity index (χ1) is 13.9. The molecule has 0 aromatic rings. The van der Waals surface area contributed by atoms with E-state index in [-0.39, 0.29) is 13.2 Å². The van der Waals surface area contributed by atoms with E-state index in [1.807, 2.05) is 0 Å². The second kappa shape index (κ2) is 24.1. The van der Waals surface area contributed by atoms with Crippen LogP contribution in [-0.4, -0.2) is 36.1 Å². The molecular formula is C22H42N2O5. The maximum atomic E-state index is 10.3. The van der Waals surface area contributed by atoms with Crippen molar-refractivity contribution in [3.05, 3.63) is 12.2 Å². The normalized spacial score (nSPS) is 10.5. The summed E-state index contributed by atoms with van der Waals surface area (Å²) >= 11 is 0. The zero-order valence-corrected chi connectivity index (χ0v) is 18.2. The third kappa shape index (κ3) is 34.1. The third-order valence-corrected chi connectivity index (χ3v) is 4.14. The Morgan fingerprint density at radius 3 is 1.55 bits per heavy atom. The summed E-state index contributed by atoms with van der Waals surface area (Å²) < 4.78 is 4.41. The van der Waals surface area contributed by atoms with Crippen LogP contribution >= 0.6 is 0 Å². The summed E-state index contributed by atoms with van der Waals surface area (Å²) in [7, 11) is 0. The van der Waals surface area contributed by atoms with Crippen molar-refractivity contribution in [3.8, 4) is 0 Å². The van der Waals surface area contributed by atoms with Gasteiger partial charge in [0, 0.05) is 6.42 Å². The number of nitrogens with two attached hydrogens (primary N) is 2. The molecule has 0 aliphatic heterocycles. The minimum absolute atomic E-state index is 0.261. The third-order valence-electron chi connectivity index (χ3n) is 4.14. The van der Waals surface area contributed by atoms with E-state index < -0.39 is 17.8 Å². The molecule has 0 unspecified atom stereocenters. The number of carboxylic acid groups (broad SMARTS) is 1. The number of carboxylic acids is 1. The van der Waals surface area contributed by atoms with Crippen molar-refractivity contribution in [1.82, 2.24) is 0 Å². The zero-order valence-electron chi connectivity index (χ0n) is 18.2. The highest BCUT2D eigenvalue weighted by Gasteiger charge is 1.96. The number of hydrogen-bond donors (Lipinski definition) is 3. The Balaban J connectivity index is 0. The van der Waals surface area contributed by atoms with Gasteiger partial charge in [-0.2, -0.15) is 0 Å². The molecule has 0 radical (unpaired) electrons. The van der Waals surface area contributed by atoms with Crippen molar-refractivity contribution < 1.29 is 24.2 Å². The zero-order chi connectivity index (χ0) is 22.2.